The number of amides is 1. The predicted octanol–water partition coefficient (Wildman–Crippen LogP) is 6.79. The zero-order valence-electron chi connectivity index (χ0n) is 27.2. The van der Waals surface area contributed by atoms with Gasteiger partial charge in [-0.05, 0) is 77.0 Å². The number of nitrogens with one attached hydrogen (secondary N) is 1. The summed E-state index contributed by atoms with van der Waals surface area (Å²) in [6.07, 6.45) is 0.345. The molecule has 5 N–H and O–H groups in total. The van der Waals surface area contributed by atoms with Gasteiger partial charge in [-0.15, -0.1) is 0 Å². The van der Waals surface area contributed by atoms with Crippen molar-refractivity contribution < 1.29 is 44.0 Å². The molecule has 1 aliphatic heterocycles. The lowest BCUT2D eigenvalue weighted by Gasteiger charge is -2.17. The molecule has 3 heterocycles. The van der Waals surface area contributed by atoms with Gasteiger partial charge in [0.15, 0.2) is 5.43 Å². The van der Waals surface area contributed by atoms with E-state index in [-0.39, 0.29) is 69.8 Å². The molecule has 2 aliphatic rings. The number of carboxylic acid groups (broad SMARTS) is 3. The van der Waals surface area contributed by atoms with E-state index in [1.54, 1.807) is 30.3 Å². The summed E-state index contributed by atoms with van der Waals surface area (Å²) in [5, 5.41) is 43.4. The number of rotatable bonds is 10. The van der Waals surface area contributed by atoms with Crippen LogP contribution in [0.5, 0.6) is 5.75 Å². The molecule has 0 bridgehead atoms. The molecule has 3 aromatic carbocycles. The molecule has 0 radical (unpaired) electrons. The quantitative estimate of drug-likeness (QED) is 0.0557. The van der Waals surface area contributed by atoms with Gasteiger partial charge in [0.05, 0.1) is 22.3 Å². The Morgan fingerprint density at radius 1 is 0.717 bits per heavy atom. The van der Waals surface area contributed by atoms with E-state index < -0.39 is 23.8 Å². The number of benzene rings is 4. The Morgan fingerprint density at radius 3 is 2.15 bits per heavy atom. The Morgan fingerprint density at radius 2 is 1.42 bits per heavy atom. The zero-order chi connectivity index (χ0) is 37.6. The van der Waals surface area contributed by atoms with Gasteiger partial charge in [0.2, 0.25) is 5.91 Å². The Balaban J connectivity index is 1.13. The van der Waals surface area contributed by atoms with Crippen LogP contribution in [-0.4, -0.2) is 59.1 Å². The standard InChI is InChI=1S/C39H25N3O10S/c43-20-3-7-25-31(16-20)52-32-17-21(44)4-8-26(32)34(25)23-6-1-18(14-27(23)37(46)47)13-22(53)5-12-33(45)40-30-15-19-2-10-28(38(48)49)41-35(19)36-24(30)9-11-29(42-36)39(50)51/h1-4,6-11,14-17,43H,5,12-13H2,(H,40,45)(H,46,47)(H,48,49)(H,50,51). The fourth-order valence-corrected chi connectivity index (χ4v) is 6.50. The Kier molecular flexibility index (Phi) is 8.81. The van der Waals surface area contributed by atoms with Crippen LogP contribution in [0.15, 0.2) is 94.1 Å². The topological polar surface area (TPSA) is 217 Å². The van der Waals surface area contributed by atoms with Gasteiger partial charge in [-0.2, -0.15) is 0 Å². The first-order chi connectivity index (χ1) is 25.4. The summed E-state index contributed by atoms with van der Waals surface area (Å²) in [5.74, 6) is -4.00. The molecule has 0 atom stereocenters. The summed E-state index contributed by atoms with van der Waals surface area (Å²) < 4.78 is 5.89. The van der Waals surface area contributed by atoms with E-state index in [0.717, 1.165) is 0 Å². The number of fused-ring (bicyclic) bond motifs is 5. The van der Waals surface area contributed by atoms with E-state index >= 15 is 0 Å². The van der Waals surface area contributed by atoms with Crippen LogP contribution in [0.2, 0.25) is 0 Å². The second kappa shape index (κ2) is 13.6. The van der Waals surface area contributed by atoms with Gasteiger partial charge in [-0.25, -0.2) is 24.4 Å². The maximum atomic E-state index is 13.2. The number of nitrogens with zero attached hydrogens (tertiary/aromatic N) is 2. The molecular weight excluding hydrogens is 703 g/mol. The fraction of sp³-hybridized carbons (Fsp3) is 0.0769. The van der Waals surface area contributed by atoms with E-state index in [1.807, 2.05) is 0 Å². The lowest BCUT2D eigenvalue weighted by Crippen LogP contribution is -2.14. The Hall–Kier alpha value is -7.06. The highest BCUT2D eigenvalue weighted by Crippen LogP contribution is 2.42. The van der Waals surface area contributed by atoms with Crippen molar-refractivity contribution in [1.82, 2.24) is 9.97 Å². The van der Waals surface area contributed by atoms with Crippen LogP contribution in [0.1, 0.15) is 49.7 Å². The maximum Gasteiger partial charge on any atom is 0.354 e. The number of aromatic nitrogens is 2. The van der Waals surface area contributed by atoms with Crippen molar-refractivity contribution in [2.24, 2.45) is 0 Å². The van der Waals surface area contributed by atoms with Crippen molar-refractivity contribution in [1.29, 1.82) is 0 Å². The number of aromatic hydroxyl groups is 1. The van der Waals surface area contributed by atoms with E-state index in [1.165, 1.54) is 54.6 Å². The third-order valence-corrected chi connectivity index (χ3v) is 8.99. The molecule has 0 spiro atoms. The smallest absolute Gasteiger partial charge is 0.354 e. The molecule has 5 aromatic rings. The number of anilines is 1. The van der Waals surface area contributed by atoms with Gasteiger partial charge in [0.1, 0.15) is 28.5 Å². The minimum Gasteiger partial charge on any atom is -0.508 e. The summed E-state index contributed by atoms with van der Waals surface area (Å²) in [7, 11) is 0. The molecule has 262 valence electrons. The van der Waals surface area contributed by atoms with Gasteiger partial charge in [0, 0.05) is 52.3 Å². The average molecular weight is 728 g/mol. The van der Waals surface area contributed by atoms with Gasteiger partial charge in [-0.3, -0.25) is 9.59 Å². The molecule has 1 amide bonds. The summed E-state index contributed by atoms with van der Waals surface area (Å²) in [6, 6.07) is 20.7. The number of phenolic OH excluding ortho intramolecular Hbond substituents is 1. The molecule has 0 unspecified atom stereocenters. The van der Waals surface area contributed by atoms with Crippen molar-refractivity contribution in [2.75, 3.05) is 5.32 Å². The molecule has 14 heteroatoms. The number of aromatic carboxylic acids is 3. The van der Waals surface area contributed by atoms with Crippen LogP contribution < -0.4 is 10.7 Å². The van der Waals surface area contributed by atoms with Crippen LogP contribution in [0.25, 0.3) is 55.2 Å². The van der Waals surface area contributed by atoms with Crippen molar-refractivity contribution in [3.63, 3.8) is 0 Å². The summed E-state index contributed by atoms with van der Waals surface area (Å²) in [4.78, 5) is 69.9. The maximum absolute atomic E-state index is 13.2. The number of hydrogen-bond acceptors (Lipinski definition) is 10. The van der Waals surface area contributed by atoms with Gasteiger partial charge in [-0.1, -0.05) is 30.4 Å². The molecule has 13 nitrogen and oxygen atoms in total. The second-order valence-electron chi connectivity index (χ2n) is 12.2. The summed E-state index contributed by atoms with van der Waals surface area (Å²) in [5.41, 5.74) is 1.97. The molecule has 0 saturated carbocycles. The molecule has 7 rings (SSSR count). The lowest BCUT2D eigenvalue weighted by molar-refractivity contribution is -0.116. The monoisotopic (exact) mass is 727 g/mol. The zero-order valence-corrected chi connectivity index (χ0v) is 28.1. The molecular formula is C39H25N3O10S. The number of thiocarbonyl (C=S) groups is 1. The first kappa shape index (κ1) is 34.4. The van der Waals surface area contributed by atoms with Gasteiger partial charge in [0.25, 0.3) is 0 Å². The van der Waals surface area contributed by atoms with Gasteiger partial charge < -0.3 is 30.2 Å². The summed E-state index contributed by atoms with van der Waals surface area (Å²) >= 11 is 5.60. The predicted molar refractivity (Wildman–Crippen MR) is 198 cm³/mol. The van der Waals surface area contributed by atoms with E-state index in [0.29, 0.717) is 49.0 Å². The highest BCUT2D eigenvalue weighted by molar-refractivity contribution is 7.80. The van der Waals surface area contributed by atoms with Crippen LogP contribution in [-0.2, 0) is 11.2 Å². The highest BCUT2D eigenvalue weighted by atomic mass is 32.1. The average Bonchev–Trinajstić information content (AvgIpc) is 3.12. The third kappa shape index (κ3) is 6.73. The van der Waals surface area contributed by atoms with Crippen LogP contribution in [0.3, 0.4) is 0 Å². The molecule has 53 heavy (non-hydrogen) atoms. The molecule has 0 saturated heterocycles. The van der Waals surface area contributed by atoms with Crippen molar-refractivity contribution in [3.8, 4) is 28.2 Å². The minimum atomic E-state index is -1.29. The lowest BCUT2D eigenvalue weighted by atomic mass is 9.89. The summed E-state index contributed by atoms with van der Waals surface area (Å²) in [6.45, 7) is 0. The van der Waals surface area contributed by atoms with Crippen molar-refractivity contribution in [3.05, 3.63) is 118 Å². The van der Waals surface area contributed by atoms with E-state index in [2.05, 4.69) is 15.3 Å². The molecule has 0 fully saturated rings. The largest absolute Gasteiger partial charge is 0.508 e. The SMILES string of the molecule is O=C(CCC(=S)Cc1ccc(-c2c3ccc(=O)cc-3oc3cc(O)ccc23)c(C(=O)O)c1)Nc1cc2ccc(C(=O)O)nc2c2nc(C(=O)O)ccc12. The normalized spacial score (nSPS) is 11.2. The van der Waals surface area contributed by atoms with E-state index in [9.17, 15) is 44.4 Å². The minimum absolute atomic E-state index is 0.0241. The highest BCUT2D eigenvalue weighted by Gasteiger charge is 2.23. The molecule has 1 aliphatic carbocycles. The number of carboxylic acids is 3. The Bertz CT molecular complexity index is 2760. The van der Waals surface area contributed by atoms with Gasteiger partial charge >= 0.3 is 17.9 Å². The van der Waals surface area contributed by atoms with Crippen LogP contribution in [0.4, 0.5) is 5.69 Å². The van der Waals surface area contributed by atoms with Crippen LogP contribution in [0, 0.1) is 0 Å². The fourth-order valence-electron chi connectivity index (χ4n) is 6.24. The first-order valence-electron chi connectivity index (χ1n) is 15.9. The first-order valence-corrected chi connectivity index (χ1v) is 16.4. The molecule has 2 aromatic heterocycles. The second-order valence-corrected chi connectivity index (χ2v) is 12.7. The van der Waals surface area contributed by atoms with E-state index in [4.69, 9.17) is 16.6 Å². The number of carbonyl (C=O) groups is 4. The number of hydrogen-bond donors (Lipinski definition) is 5. The Labute approximate surface area is 303 Å². The number of phenols is 1. The third-order valence-electron chi connectivity index (χ3n) is 8.64. The number of carbonyl (C=O) groups excluding carboxylic acids is 1. The van der Waals surface area contributed by atoms with Crippen LogP contribution >= 0.6 is 12.2 Å². The number of pyridine rings is 2. The van der Waals surface area contributed by atoms with Crippen molar-refractivity contribution in [2.45, 2.75) is 19.3 Å². The van der Waals surface area contributed by atoms with Crippen molar-refractivity contribution >= 4 is 79.4 Å².